The molecule has 4 nitrogen and oxygen atoms in total. The fraction of sp³-hybridized carbons (Fsp3) is 0.200. The molecule has 0 unspecified atom stereocenters. The number of aryl methyl sites for hydroxylation is 1. The van der Waals surface area contributed by atoms with Crippen molar-refractivity contribution in [3.63, 3.8) is 0 Å². The van der Waals surface area contributed by atoms with Crippen LogP contribution in [0.5, 0.6) is 5.75 Å². The van der Waals surface area contributed by atoms with Crippen LogP contribution < -0.4 is 4.74 Å². The molecule has 2 aromatic carbocycles. The number of halogens is 1. The van der Waals surface area contributed by atoms with Crippen molar-refractivity contribution >= 4 is 21.6 Å². The molecule has 0 aliphatic heterocycles. The third-order valence-electron chi connectivity index (χ3n) is 2.83. The van der Waals surface area contributed by atoms with Crippen LogP contribution in [0.2, 0.25) is 0 Å². The van der Waals surface area contributed by atoms with E-state index in [-0.39, 0.29) is 5.69 Å². The van der Waals surface area contributed by atoms with Crippen LogP contribution in [0.3, 0.4) is 0 Å². The van der Waals surface area contributed by atoms with Gasteiger partial charge in [-0.25, -0.2) is 0 Å². The Morgan fingerprint density at radius 1 is 1.15 bits per heavy atom. The Morgan fingerprint density at radius 2 is 1.90 bits per heavy atom. The second-order valence-corrected chi connectivity index (χ2v) is 5.22. The predicted octanol–water partition coefficient (Wildman–Crippen LogP) is 4.37. The largest absolute Gasteiger partial charge is 0.487 e. The second-order valence-electron chi connectivity index (χ2n) is 4.31. The predicted molar refractivity (Wildman–Crippen MR) is 81.1 cm³/mol. The van der Waals surface area contributed by atoms with E-state index in [1.54, 1.807) is 12.1 Å². The van der Waals surface area contributed by atoms with Crippen molar-refractivity contribution in [3.8, 4) is 5.75 Å². The summed E-state index contributed by atoms with van der Waals surface area (Å²) in [5, 5.41) is 10.9. The van der Waals surface area contributed by atoms with Gasteiger partial charge in [0.05, 0.1) is 11.5 Å². The van der Waals surface area contributed by atoms with Crippen molar-refractivity contribution in [1.82, 2.24) is 0 Å². The van der Waals surface area contributed by atoms with Gasteiger partial charge in [0, 0.05) is 10.5 Å². The van der Waals surface area contributed by atoms with E-state index in [2.05, 4.69) is 28.1 Å². The van der Waals surface area contributed by atoms with Gasteiger partial charge in [-0.15, -0.1) is 0 Å². The molecule has 0 saturated carbocycles. The average Bonchev–Trinajstić information content (AvgIpc) is 2.45. The first-order valence-electron chi connectivity index (χ1n) is 6.27. The van der Waals surface area contributed by atoms with Gasteiger partial charge in [0.15, 0.2) is 5.75 Å². The highest BCUT2D eigenvalue weighted by Gasteiger charge is 2.15. The highest BCUT2D eigenvalue weighted by atomic mass is 79.9. The van der Waals surface area contributed by atoms with E-state index in [0.29, 0.717) is 16.8 Å². The lowest BCUT2D eigenvalue weighted by molar-refractivity contribution is -0.385. The molecule has 0 saturated heterocycles. The van der Waals surface area contributed by atoms with Crippen LogP contribution in [0.15, 0.2) is 53.0 Å². The first-order chi connectivity index (χ1) is 9.66. The molecule has 0 spiro atoms. The average molecular weight is 336 g/mol. The van der Waals surface area contributed by atoms with Gasteiger partial charge in [-0.1, -0.05) is 46.3 Å². The maximum atomic E-state index is 10.9. The lowest BCUT2D eigenvalue weighted by Gasteiger charge is -2.07. The van der Waals surface area contributed by atoms with E-state index in [1.165, 1.54) is 11.6 Å². The molecule has 0 heterocycles. The van der Waals surface area contributed by atoms with E-state index < -0.39 is 4.92 Å². The highest BCUT2D eigenvalue weighted by molar-refractivity contribution is 9.10. The number of ether oxygens (including phenoxy) is 1. The molecule has 0 aromatic heterocycles. The van der Waals surface area contributed by atoms with E-state index in [1.807, 2.05) is 18.2 Å². The van der Waals surface area contributed by atoms with E-state index in [0.717, 1.165) is 12.8 Å². The van der Waals surface area contributed by atoms with Crippen LogP contribution in [0.4, 0.5) is 5.69 Å². The Balaban J connectivity index is 1.90. The van der Waals surface area contributed by atoms with E-state index in [9.17, 15) is 10.1 Å². The molecule has 2 rings (SSSR count). The number of nitro groups is 1. The second kappa shape index (κ2) is 7.05. The summed E-state index contributed by atoms with van der Waals surface area (Å²) in [6.07, 6.45) is 1.71. The van der Waals surface area contributed by atoms with Crippen molar-refractivity contribution in [1.29, 1.82) is 0 Å². The first kappa shape index (κ1) is 14.5. The quantitative estimate of drug-likeness (QED) is 0.447. The zero-order valence-corrected chi connectivity index (χ0v) is 12.4. The van der Waals surface area contributed by atoms with Crippen molar-refractivity contribution < 1.29 is 9.66 Å². The topological polar surface area (TPSA) is 52.4 Å². The normalized spacial score (nSPS) is 10.2. The van der Waals surface area contributed by atoms with Crippen molar-refractivity contribution in [2.24, 2.45) is 0 Å². The van der Waals surface area contributed by atoms with Gasteiger partial charge >= 0.3 is 5.69 Å². The molecule has 0 bridgehead atoms. The first-order valence-corrected chi connectivity index (χ1v) is 7.07. The monoisotopic (exact) mass is 335 g/mol. The minimum Gasteiger partial charge on any atom is -0.487 e. The Bertz CT molecular complexity index is 587. The molecular formula is C15H14BrNO3. The number of hydrogen-bond acceptors (Lipinski definition) is 3. The summed E-state index contributed by atoms with van der Waals surface area (Å²) >= 11 is 3.22. The number of benzene rings is 2. The van der Waals surface area contributed by atoms with E-state index >= 15 is 0 Å². The van der Waals surface area contributed by atoms with E-state index in [4.69, 9.17) is 4.74 Å². The lowest BCUT2D eigenvalue weighted by Crippen LogP contribution is -2.02. The Labute approximate surface area is 125 Å². The molecule has 20 heavy (non-hydrogen) atoms. The van der Waals surface area contributed by atoms with Gasteiger partial charge in [0.2, 0.25) is 0 Å². The molecule has 5 heteroatoms. The molecule has 0 atom stereocenters. The summed E-state index contributed by atoms with van der Waals surface area (Å²) in [5.41, 5.74) is 1.22. The molecular weight excluding hydrogens is 322 g/mol. The number of nitro benzene ring substituents is 1. The van der Waals surface area contributed by atoms with Crippen LogP contribution in [-0.2, 0) is 6.42 Å². The summed E-state index contributed by atoms with van der Waals surface area (Å²) in [6, 6.07) is 14.9. The molecule has 0 N–H and O–H groups in total. The fourth-order valence-electron chi connectivity index (χ4n) is 1.86. The summed E-state index contributed by atoms with van der Waals surface area (Å²) in [6.45, 7) is 0.456. The zero-order chi connectivity index (χ0) is 14.4. The van der Waals surface area contributed by atoms with Crippen LogP contribution in [-0.4, -0.2) is 11.5 Å². The SMILES string of the molecule is O=[N+]([O-])c1cc(Br)ccc1OCCCc1ccccc1. The summed E-state index contributed by atoms with van der Waals surface area (Å²) < 4.78 is 6.18. The van der Waals surface area contributed by atoms with Crippen LogP contribution in [0, 0.1) is 10.1 Å². The maximum Gasteiger partial charge on any atom is 0.312 e. The zero-order valence-electron chi connectivity index (χ0n) is 10.8. The summed E-state index contributed by atoms with van der Waals surface area (Å²) in [4.78, 5) is 10.5. The summed E-state index contributed by atoms with van der Waals surface area (Å²) in [7, 11) is 0. The standard InChI is InChI=1S/C15H14BrNO3/c16-13-8-9-15(14(11-13)17(18)19)20-10-4-7-12-5-2-1-3-6-12/h1-3,5-6,8-9,11H,4,7,10H2. The number of rotatable bonds is 6. The van der Waals surface area contributed by atoms with Gasteiger partial charge in [0.1, 0.15) is 0 Å². The third kappa shape index (κ3) is 4.06. The molecule has 0 aliphatic carbocycles. The van der Waals surface area contributed by atoms with Crippen LogP contribution in [0.25, 0.3) is 0 Å². The van der Waals surface area contributed by atoms with Gasteiger partial charge in [-0.3, -0.25) is 10.1 Å². The summed E-state index contributed by atoms with van der Waals surface area (Å²) in [5.74, 6) is 0.311. The minimum atomic E-state index is -0.433. The molecule has 0 aliphatic rings. The molecule has 0 amide bonds. The molecule has 0 fully saturated rings. The molecule has 0 radical (unpaired) electrons. The third-order valence-corrected chi connectivity index (χ3v) is 3.32. The number of nitrogens with zero attached hydrogens (tertiary/aromatic N) is 1. The smallest absolute Gasteiger partial charge is 0.312 e. The highest BCUT2D eigenvalue weighted by Crippen LogP contribution is 2.30. The van der Waals surface area contributed by atoms with Crippen LogP contribution >= 0.6 is 15.9 Å². The molecule has 104 valence electrons. The van der Waals surface area contributed by atoms with Crippen molar-refractivity contribution in [2.45, 2.75) is 12.8 Å². The maximum absolute atomic E-state index is 10.9. The van der Waals surface area contributed by atoms with Gasteiger partial charge in [-0.05, 0) is 30.5 Å². The lowest BCUT2D eigenvalue weighted by atomic mass is 10.1. The van der Waals surface area contributed by atoms with Crippen molar-refractivity contribution in [2.75, 3.05) is 6.61 Å². The van der Waals surface area contributed by atoms with Gasteiger partial charge < -0.3 is 4.74 Å². The van der Waals surface area contributed by atoms with Crippen LogP contribution in [0.1, 0.15) is 12.0 Å². The number of hydrogen-bond donors (Lipinski definition) is 0. The van der Waals surface area contributed by atoms with Crippen molar-refractivity contribution in [3.05, 3.63) is 68.7 Å². The van der Waals surface area contributed by atoms with Gasteiger partial charge in [-0.2, -0.15) is 0 Å². The Kier molecular flexibility index (Phi) is 5.12. The van der Waals surface area contributed by atoms with Gasteiger partial charge in [0.25, 0.3) is 0 Å². The fourth-order valence-corrected chi connectivity index (χ4v) is 2.21. The Hall–Kier alpha value is -1.88. The molecule has 2 aromatic rings. The Morgan fingerprint density at radius 3 is 2.60 bits per heavy atom. The minimum absolute atomic E-state index is 0.0147.